The largest absolute Gasteiger partial charge is 0.447 e. The van der Waals surface area contributed by atoms with Crippen LogP contribution >= 0.6 is 11.6 Å². The monoisotopic (exact) mass is 491 g/mol. The zero-order valence-electron chi connectivity index (χ0n) is 20.7. The van der Waals surface area contributed by atoms with Crippen LogP contribution in [0, 0.1) is 0 Å². The summed E-state index contributed by atoms with van der Waals surface area (Å²) in [5.74, 6) is -0.614. The lowest BCUT2D eigenvalue weighted by Crippen LogP contribution is -2.47. The minimum absolute atomic E-state index is 0.133. The van der Waals surface area contributed by atoms with Crippen molar-refractivity contribution < 1.29 is 19.4 Å². The maximum absolute atomic E-state index is 12.8. The highest BCUT2D eigenvalue weighted by atomic mass is 35.5. The molecule has 3 atom stereocenters. The molecule has 2 unspecified atom stereocenters. The highest BCUT2D eigenvalue weighted by molar-refractivity contribution is 6.32. The van der Waals surface area contributed by atoms with Crippen LogP contribution in [0.5, 0.6) is 0 Å². The van der Waals surface area contributed by atoms with E-state index in [0.29, 0.717) is 6.42 Å². The van der Waals surface area contributed by atoms with Crippen molar-refractivity contribution in [3.05, 3.63) is 48.0 Å². The van der Waals surface area contributed by atoms with E-state index in [2.05, 4.69) is 6.92 Å². The summed E-state index contributed by atoms with van der Waals surface area (Å²) in [7, 11) is 0. The molecule has 0 aliphatic carbocycles. The fourth-order valence-electron chi connectivity index (χ4n) is 4.31. The second kappa shape index (κ2) is 16.7. The summed E-state index contributed by atoms with van der Waals surface area (Å²) in [4.78, 5) is 26.0. The van der Waals surface area contributed by atoms with Crippen molar-refractivity contribution >= 4 is 23.6 Å². The minimum Gasteiger partial charge on any atom is -0.447 e. The highest BCUT2D eigenvalue weighted by Crippen LogP contribution is 2.21. The summed E-state index contributed by atoms with van der Waals surface area (Å²) in [5, 5.41) is 9.14. The average molecular weight is 492 g/mol. The van der Waals surface area contributed by atoms with Gasteiger partial charge in [0.2, 0.25) is 0 Å². The van der Waals surface area contributed by atoms with Crippen LogP contribution in [0.2, 0.25) is 0 Å². The van der Waals surface area contributed by atoms with Crippen LogP contribution in [0.25, 0.3) is 0 Å². The Morgan fingerprint density at radius 1 is 1.06 bits per heavy atom. The molecule has 1 aromatic rings. The number of cyclic esters (lactones) is 1. The molecule has 2 amide bonds. The molecule has 1 aliphatic heterocycles. The van der Waals surface area contributed by atoms with E-state index in [4.69, 9.17) is 16.3 Å². The molecule has 190 valence electrons. The van der Waals surface area contributed by atoms with Gasteiger partial charge in [-0.1, -0.05) is 114 Å². The normalized spacial score (nSPS) is 17.8. The molecular formula is C28H42ClNO4. The second-order valence-electron chi connectivity index (χ2n) is 9.27. The Kier molecular flexibility index (Phi) is 14.0. The third-order valence-electron chi connectivity index (χ3n) is 6.36. The predicted octanol–water partition coefficient (Wildman–Crippen LogP) is 6.80. The van der Waals surface area contributed by atoms with Gasteiger partial charge < -0.3 is 9.84 Å². The van der Waals surface area contributed by atoms with Gasteiger partial charge in [-0.2, -0.15) is 0 Å². The first-order valence-electron chi connectivity index (χ1n) is 13.1. The Morgan fingerprint density at radius 3 is 2.26 bits per heavy atom. The highest BCUT2D eigenvalue weighted by Gasteiger charge is 2.41. The number of aliphatic hydroxyl groups excluding tert-OH is 1. The van der Waals surface area contributed by atoms with Gasteiger partial charge in [0.1, 0.15) is 12.0 Å². The minimum atomic E-state index is -1.22. The van der Waals surface area contributed by atoms with Gasteiger partial charge in [0.15, 0.2) is 0 Å². The Hall–Kier alpha value is -1.85. The molecule has 1 saturated heterocycles. The smallest absolute Gasteiger partial charge is 0.417 e. The van der Waals surface area contributed by atoms with E-state index in [9.17, 15) is 14.7 Å². The maximum atomic E-state index is 12.8. The van der Waals surface area contributed by atoms with E-state index in [1.807, 2.05) is 36.4 Å². The van der Waals surface area contributed by atoms with E-state index in [-0.39, 0.29) is 6.61 Å². The van der Waals surface area contributed by atoms with E-state index in [0.717, 1.165) is 23.3 Å². The zero-order valence-corrected chi connectivity index (χ0v) is 21.4. The number of aliphatic hydroxyl groups is 1. The van der Waals surface area contributed by atoms with E-state index < -0.39 is 29.5 Å². The quantitative estimate of drug-likeness (QED) is 0.148. The number of hydrogen-bond donors (Lipinski definition) is 1. The number of benzene rings is 1. The molecule has 0 radical (unpaired) electrons. The van der Waals surface area contributed by atoms with E-state index in [1.165, 1.54) is 64.2 Å². The van der Waals surface area contributed by atoms with Gasteiger partial charge in [-0.25, -0.2) is 9.69 Å². The molecule has 0 aromatic heterocycles. The summed E-state index contributed by atoms with van der Waals surface area (Å²) in [6.07, 6.45) is 17.1. The molecule has 1 heterocycles. The third kappa shape index (κ3) is 10.2. The van der Waals surface area contributed by atoms with Crippen molar-refractivity contribution in [1.29, 1.82) is 0 Å². The number of nitrogens with zero attached hydrogens (tertiary/aromatic N) is 1. The number of rotatable bonds is 17. The van der Waals surface area contributed by atoms with Gasteiger partial charge in [0.25, 0.3) is 5.91 Å². The van der Waals surface area contributed by atoms with Crippen LogP contribution in [0.3, 0.4) is 0 Å². The molecule has 34 heavy (non-hydrogen) atoms. The number of halogens is 1. The number of carbonyl (C=O) groups is 2. The number of imide groups is 1. The van der Waals surface area contributed by atoms with Crippen LogP contribution < -0.4 is 0 Å². The Bertz CT molecular complexity index is 739. The Balaban J connectivity index is 1.63. The first kappa shape index (κ1) is 28.4. The Labute approximate surface area is 210 Å². The van der Waals surface area contributed by atoms with Crippen molar-refractivity contribution in [2.45, 2.75) is 108 Å². The van der Waals surface area contributed by atoms with Crippen molar-refractivity contribution in [2.24, 2.45) is 0 Å². The van der Waals surface area contributed by atoms with Gasteiger partial charge in [-0.05, 0) is 24.8 Å². The van der Waals surface area contributed by atoms with Crippen LogP contribution in [0.1, 0.15) is 89.5 Å². The van der Waals surface area contributed by atoms with Crippen molar-refractivity contribution in [2.75, 3.05) is 6.61 Å². The number of unbranched alkanes of at least 4 members (excludes halogenated alkanes) is 11. The molecule has 0 spiro atoms. The van der Waals surface area contributed by atoms with Crippen LogP contribution in [-0.2, 0) is 16.0 Å². The molecule has 1 aromatic carbocycles. The summed E-state index contributed by atoms with van der Waals surface area (Å²) < 4.78 is 5.09. The first-order chi connectivity index (χ1) is 16.5. The van der Waals surface area contributed by atoms with Gasteiger partial charge in [-0.15, -0.1) is 11.6 Å². The molecule has 0 bridgehead atoms. The zero-order chi connectivity index (χ0) is 24.6. The molecule has 5 nitrogen and oxygen atoms in total. The lowest BCUT2D eigenvalue weighted by atomic mass is 10.0. The Morgan fingerprint density at radius 2 is 1.65 bits per heavy atom. The summed E-state index contributed by atoms with van der Waals surface area (Å²) in [6, 6.07) is 9.19. The first-order valence-corrected chi connectivity index (χ1v) is 13.5. The SMILES string of the molecule is CCCCCCCCCCCCC/C=C/C(O)C(Cl)C(=O)N1C(=O)OC[C@@H]1Cc1ccccc1. The average Bonchev–Trinajstić information content (AvgIpc) is 3.21. The molecule has 1 N–H and O–H groups in total. The van der Waals surface area contributed by atoms with E-state index >= 15 is 0 Å². The maximum Gasteiger partial charge on any atom is 0.417 e. The summed E-state index contributed by atoms with van der Waals surface area (Å²) in [6.45, 7) is 2.38. The van der Waals surface area contributed by atoms with Gasteiger partial charge >= 0.3 is 6.09 Å². The summed E-state index contributed by atoms with van der Waals surface area (Å²) >= 11 is 6.25. The van der Waals surface area contributed by atoms with Gasteiger partial charge in [-0.3, -0.25) is 4.79 Å². The van der Waals surface area contributed by atoms with Crippen LogP contribution in [0.4, 0.5) is 4.79 Å². The van der Waals surface area contributed by atoms with Gasteiger partial charge in [0, 0.05) is 0 Å². The third-order valence-corrected chi connectivity index (χ3v) is 6.80. The number of carbonyl (C=O) groups excluding carboxylic acids is 2. The van der Waals surface area contributed by atoms with Crippen LogP contribution in [0.15, 0.2) is 42.5 Å². The number of allylic oxidation sites excluding steroid dienone is 1. The molecule has 0 saturated carbocycles. The lowest BCUT2D eigenvalue weighted by molar-refractivity contribution is -0.130. The fourth-order valence-corrected chi connectivity index (χ4v) is 4.49. The van der Waals surface area contributed by atoms with Crippen molar-refractivity contribution in [3.63, 3.8) is 0 Å². The topological polar surface area (TPSA) is 66.8 Å². The molecular weight excluding hydrogens is 450 g/mol. The molecule has 1 fully saturated rings. The lowest BCUT2D eigenvalue weighted by Gasteiger charge is -2.23. The standard InChI is InChI=1S/C28H42ClNO4/c1-2-3-4-5-6-7-8-9-10-11-12-13-17-20-25(31)26(29)27(32)30-24(22-34-28(30)33)21-23-18-15-14-16-19-23/h14-20,24-26,31H,2-13,21-22H2,1H3/b20-17+/t24-,25?,26?/m0/s1. The summed E-state index contributed by atoms with van der Waals surface area (Å²) in [5.41, 5.74) is 1.00. The van der Waals surface area contributed by atoms with Crippen molar-refractivity contribution in [1.82, 2.24) is 4.90 Å². The molecule has 1 aliphatic rings. The second-order valence-corrected chi connectivity index (χ2v) is 9.74. The van der Waals surface area contributed by atoms with Gasteiger partial charge in [0.05, 0.1) is 12.1 Å². The molecule has 2 rings (SSSR count). The molecule has 6 heteroatoms. The fraction of sp³-hybridized carbons (Fsp3) is 0.643. The van der Waals surface area contributed by atoms with E-state index in [1.54, 1.807) is 6.08 Å². The number of ether oxygens (including phenoxy) is 1. The number of hydrogen-bond acceptors (Lipinski definition) is 4. The number of amides is 2. The number of alkyl halides is 1. The van der Waals surface area contributed by atoms with Crippen molar-refractivity contribution in [3.8, 4) is 0 Å². The predicted molar refractivity (Wildman–Crippen MR) is 138 cm³/mol. The van der Waals surface area contributed by atoms with Crippen LogP contribution in [-0.4, -0.2) is 46.1 Å².